The molecule has 0 aliphatic carbocycles. The average Bonchev–Trinajstić information content (AvgIpc) is 2.80. The summed E-state index contributed by atoms with van der Waals surface area (Å²) in [4.78, 5) is 13.5. The maximum absolute atomic E-state index is 11.6. The van der Waals surface area contributed by atoms with Gasteiger partial charge in [-0.1, -0.05) is 30.3 Å². The Hall–Kier alpha value is -1.45. The quantitative estimate of drug-likeness (QED) is 0.822. The van der Waals surface area contributed by atoms with Crippen molar-refractivity contribution in [2.75, 3.05) is 6.54 Å². The molecule has 0 amide bonds. The number of Topliss-reactive ketones (excluding diaryl/α,β-unsaturated/α-hetero) is 1. The van der Waals surface area contributed by atoms with Gasteiger partial charge >= 0.3 is 0 Å². The van der Waals surface area contributed by atoms with Crippen molar-refractivity contribution in [2.24, 2.45) is 5.73 Å². The second-order valence-corrected chi connectivity index (χ2v) is 4.58. The van der Waals surface area contributed by atoms with E-state index in [1.807, 2.05) is 42.5 Å². The SMILES string of the molecule is NCCC(=O)c1ccc(-c2ccccc2)s1. The fraction of sp³-hybridized carbons (Fsp3) is 0.154. The lowest BCUT2D eigenvalue weighted by atomic mass is 10.2. The van der Waals surface area contributed by atoms with E-state index in [1.54, 1.807) is 0 Å². The Bertz CT molecular complexity index is 476. The lowest BCUT2D eigenvalue weighted by Crippen LogP contribution is -2.06. The Balaban J connectivity index is 2.23. The molecule has 2 N–H and O–H groups in total. The van der Waals surface area contributed by atoms with Crippen LogP contribution in [0.4, 0.5) is 0 Å². The summed E-state index contributed by atoms with van der Waals surface area (Å²) in [5.41, 5.74) is 6.52. The zero-order valence-corrected chi connectivity index (χ0v) is 9.67. The molecule has 2 aromatic rings. The van der Waals surface area contributed by atoms with Crippen LogP contribution in [0.1, 0.15) is 16.1 Å². The maximum atomic E-state index is 11.6. The van der Waals surface area contributed by atoms with E-state index in [0.717, 1.165) is 15.3 Å². The Labute approximate surface area is 98.7 Å². The van der Waals surface area contributed by atoms with E-state index in [4.69, 9.17) is 5.73 Å². The number of rotatable bonds is 4. The number of benzene rings is 1. The van der Waals surface area contributed by atoms with Gasteiger partial charge in [-0.2, -0.15) is 0 Å². The first kappa shape index (κ1) is 11.0. The molecule has 0 atom stereocenters. The van der Waals surface area contributed by atoms with Gasteiger partial charge < -0.3 is 5.73 Å². The first-order valence-corrected chi connectivity index (χ1v) is 6.01. The van der Waals surface area contributed by atoms with Gasteiger partial charge in [0.2, 0.25) is 0 Å². The first-order valence-electron chi connectivity index (χ1n) is 5.20. The minimum absolute atomic E-state index is 0.134. The summed E-state index contributed by atoms with van der Waals surface area (Å²) < 4.78 is 0. The van der Waals surface area contributed by atoms with Crippen LogP contribution in [0.5, 0.6) is 0 Å². The molecule has 0 bridgehead atoms. The number of carbonyl (C=O) groups is 1. The van der Waals surface area contributed by atoms with Crippen LogP contribution >= 0.6 is 11.3 Å². The molecule has 3 heteroatoms. The fourth-order valence-electron chi connectivity index (χ4n) is 1.50. The number of hydrogen-bond acceptors (Lipinski definition) is 3. The van der Waals surface area contributed by atoms with E-state index in [1.165, 1.54) is 11.3 Å². The molecule has 0 spiro atoms. The summed E-state index contributed by atoms with van der Waals surface area (Å²) in [5.74, 6) is 0.134. The molecule has 2 rings (SSSR count). The van der Waals surface area contributed by atoms with E-state index >= 15 is 0 Å². The van der Waals surface area contributed by atoms with Gasteiger partial charge in [0.25, 0.3) is 0 Å². The van der Waals surface area contributed by atoms with Crippen LogP contribution in [0.2, 0.25) is 0 Å². The van der Waals surface area contributed by atoms with Crippen LogP contribution in [0.25, 0.3) is 10.4 Å². The normalized spacial score (nSPS) is 10.3. The summed E-state index contributed by atoms with van der Waals surface area (Å²) in [5, 5.41) is 0. The van der Waals surface area contributed by atoms with Gasteiger partial charge in [0.05, 0.1) is 4.88 Å². The predicted molar refractivity (Wildman–Crippen MR) is 67.8 cm³/mol. The molecular formula is C13H13NOS. The molecule has 0 aliphatic rings. The van der Waals surface area contributed by atoms with Crippen molar-refractivity contribution in [3.05, 3.63) is 47.3 Å². The van der Waals surface area contributed by atoms with E-state index in [2.05, 4.69) is 0 Å². The highest BCUT2D eigenvalue weighted by Crippen LogP contribution is 2.28. The van der Waals surface area contributed by atoms with Crippen LogP contribution in [0.15, 0.2) is 42.5 Å². The molecule has 2 nitrogen and oxygen atoms in total. The smallest absolute Gasteiger partial charge is 0.174 e. The van der Waals surface area contributed by atoms with Gasteiger partial charge in [-0.25, -0.2) is 0 Å². The highest BCUT2D eigenvalue weighted by Gasteiger charge is 2.08. The van der Waals surface area contributed by atoms with Gasteiger partial charge in [0, 0.05) is 11.3 Å². The summed E-state index contributed by atoms with van der Waals surface area (Å²) in [6.07, 6.45) is 0.425. The highest BCUT2D eigenvalue weighted by molar-refractivity contribution is 7.17. The largest absolute Gasteiger partial charge is 0.330 e. The average molecular weight is 231 g/mol. The summed E-state index contributed by atoms with van der Waals surface area (Å²) in [6, 6.07) is 13.9. The first-order chi connectivity index (χ1) is 7.81. The molecule has 1 aromatic heterocycles. The van der Waals surface area contributed by atoms with Crippen LogP contribution < -0.4 is 5.73 Å². The Morgan fingerprint density at radius 3 is 2.56 bits per heavy atom. The zero-order chi connectivity index (χ0) is 11.4. The minimum Gasteiger partial charge on any atom is -0.330 e. The van der Waals surface area contributed by atoms with Crippen LogP contribution in [0.3, 0.4) is 0 Å². The second kappa shape index (κ2) is 5.05. The van der Waals surface area contributed by atoms with Crippen molar-refractivity contribution in [3.8, 4) is 10.4 Å². The third-order valence-corrected chi connectivity index (χ3v) is 3.49. The molecule has 1 aromatic carbocycles. The van der Waals surface area contributed by atoms with Crippen molar-refractivity contribution in [1.29, 1.82) is 0 Å². The molecule has 0 aliphatic heterocycles. The molecule has 0 saturated carbocycles. The lowest BCUT2D eigenvalue weighted by Gasteiger charge is -1.95. The zero-order valence-electron chi connectivity index (χ0n) is 8.85. The second-order valence-electron chi connectivity index (χ2n) is 3.49. The standard InChI is InChI=1S/C13H13NOS/c14-9-8-11(15)13-7-6-12(16-13)10-4-2-1-3-5-10/h1-7H,8-9,14H2. The van der Waals surface area contributed by atoms with Gasteiger partial charge in [-0.05, 0) is 24.2 Å². The number of hydrogen-bond donors (Lipinski definition) is 1. The minimum atomic E-state index is 0.134. The number of nitrogens with two attached hydrogens (primary N) is 1. The van der Waals surface area contributed by atoms with E-state index in [0.29, 0.717) is 13.0 Å². The Morgan fingerprint density at radius 2 is 1.88 bits per heavy atom. The molecule has 0 radical (unpaired) electrons. The van der Waals surface area contributed by atoms with Gasteiger partial charge in [0.1, 0.15) is 0 Å². The summed E-state index contributed by atoms with van der Waals surface area (Å²) in [6.45, 7) is 0.414. The van der Waals surface area contributed by atoms with Crippen molar-refractivity contribution < 1.29 is 4.79 Å². The molecule has 1 heterocycles. The highest BCUT2D eigenvalue weighted by atomic mass is 32.1. The maximum Gasteiger partial charge on any atom is 0.174 e. The van der Waals surface area contributed by atoms with E-state index in [9.17, 15) is 4.79 Å². The summed E-state index contributed by atoms with van der Waals surface area (Å²) >= 11 is 1.53. The molecule has 82 valence electrons. The molecule has 0 unspecified atom stereocenters. The van der Waals surface area contributed by atoms with E-state index < -0.39 is 0 Å². The predicted octanol–water partition coefficient (Wildman–Crippen LogP) is 2.95. The van der Waals surface area contributed by atoms with Crippen LogP contribution in [0, 0.1) is 0 Å². The van der Waals surface area contributed by atoms with Crippen molar-refractivity contribution >= 4 is 17.1 Å². The molecule has 0 saturated heterocycles. The topological polar surface area (TPSA) is 43.1 Å². The van der Waals surface area contributed by atoms with Crippen molar-refractivity contribution in [1.82, 2.24) is 0 Å². The monoisotopic (exact) mass is 231 g/mol. The van der Waals surface area contributed by atoms with Crippen molar-refractivity contribution in [2.45, 2.75) is 6.42 Å². The van der Waals surface area contributed by atoms with Crippen molar-refractivity contribution in [3.63, 3.8) is 0 Å². The Kier molecular flexibility index (Phi) is 3.49. The van der Waals surface area contributed by atoms with Gasteiger partial charge in [-0.15, -0.1) is 11.3 Å². The van der Waals surface area contributed by atoms with Gasteiger partial charge in [0.15, 0.2) is 5.78 Å². The molecule has 16 heavy (non-hydrogen) atoms. The van der Waals surface area contributed by atoms with Gasteiger partial charge in [-0.3, -0.25) is 4.79 Å². The van der Waals surface area contributed by atoms with Crippen LogP contribution in [-0.4, -0.2) is 12.3 Å². The third kappa shape index (κ3) is 2.38. The fourth-order valence-corrected chi connectivity index (χ4v) is 2.48. The number of thiophene rings is 1. The van der Waals surface area contributed by atoms with E-state index in [-0.39, 0.29) is 5.78 Å². The number of carbonyl (C=O) groups excluding carboxylic acids is 1. The molecule has 0 fully saturated rings. The number of ketones is 1. The summed E-state index contributed by atoms with van der Waals surface area (Å²) in [7, 11) is 0. The Morgan fingerprint density at radius 1 is 1.12 bits per heavy atom. The molecular weight excluding hydrogens is 218 g/mol. The van der Waals surface area contributed by atoms with Crippen LogP contribution in [-0.2, 0) is 0 Å². The third-order valence-electron chi connectivity index (χ3n) is 2.31. The lowest BCUT2D eigenvalue weighted by molar-refractivity contribution is 0.0989.